The molecule has 1 N–H and O–H groups in total. The molecule has 1 aliphatic heterocycles. The number of piperazine rings is 1. The molecule has 1 fully saturated rings. The van der Waals surface area contributed by atoms with E-state index in [0.717, 1.165) is 6.41 Å². The number of hydrogen-bond acceptors (Lipinski definition) is 5. The zero-order chi connectivity index (χ0) is 13.9. The van der Waals surface area contributed by atoms with Crippen molar-refractivity contribution < 1.29 is 9.21 Å². The van der Waals surface area contributed by atoms with Gasteiger partial charge in [-0.15, -0.1) is 0 Å². The normalized spacial score (nSPS) is 15.4. The van der Waals surface area contributed by atoms with Crippen molar-refractivity contribution in [1.29, 1.82) is 0 Å². The summed E-state index contributed by atoms with van der Waals surface area (Å²) in [5.41, 5.74) is 0.283. The van der Waals surface area contributed by atoms with Crippen molar-refractivity contribution in [2.45, 2.75) is 0 Å². The van der Waals surface area contributed by atoms with Crippen molar-refractivity contribution >= 4 is 12.4 Å². The lowest BCUT2D eigenvalue weighted by atomic mass is 10.3. The number of nitrogens with zero attached hydrogens (tertiary/aromatic N) is 3. The number of amides is 1. The Hall–Kier alpha value is -2.57. The van der Waals surface area contributed by atoms with Crippen LogP contribution in [-0.2, 0) is 4.79 Å². The van der Waals surface area contributed by atoms with Crippen molar-refractivity contribution in [3.63, 3.8) is 0 Å². The van der Waals surface area contributed by atoms with Crippen LogP contribution >= 0.6 is 0 Å². The summed E-state index contributed by atoms with van der Waals surface area (Å²) in [5, 5.41) is 0. The van der Waals surface area contributed by atoms with Crippen LogP contribution in [0.1, 0.15) is 0 Å². The van der Waals surface area contributed by atoms with Gasteiger partial charge in [0, 0.05) is 32.2 Å². The zero-order valence-electron chi connectivity index (χ0n) is 10.8. The van der Waals surface area contributed by atoms with E-state index in [2.05, 4.69) is 9.97 Å². The van der Waals surface area contributed by atoms with E-state index in [1.54, 1.807) is 23.3 Å². The average Bonchev–Trinajstić information content (AvgIpc) is 3.01. The number of hydrogen-bond donors (Lipinski definition) is 1. The number of carbonyl (C=O) groups excluding carboxylic acids is 1. The summed E-state index contributed by atoms with van der Waals surface area (Å²) < 4.78 is 5.26. The Kier molecular flexibility index (Phi) is 3.24. The van der Waals surface area contributed by atoms with Crippen LogP contribution in [0.25, 0.3) is 11.5 Å². The number of aromatic amines is 1. The van der Waals surface area contributed by atoms with Crippen LogP contribution in [0.4, 0.5) is 5.95 Å². The molecular formula is C13H14N4O3. The molecule has 7 heteroatoms. The van der Waals surface area contributed by atoms with Gasteiger partial charge in [-0.2, -0.15) is 0 Å². The summed E-state index contributed by atoms with van der Waals surface area (Å²) in [7, 11) is 0. The predicted molar refractivity (Wildman–Crippen MR) is 72.4 cm³/mol. The van der Waals surface area contributed by atoms with Gasteiger partial charge in [-0.25, -0.2) is 4.98 Å². The minimum atomic E-state index is -0.223. The van der Waals surface area contributed by atoms with E-state index in [4.69, 9.17) is 4.42 Å². The third kappa shape index (κ3) is 2.42. The van der Waals surface area contributed by atoms with E-state index in [1.807, 2.05) is 4.90 Å². The lowest BCUT2D eigenvalue weighted by molar-refractivity contribution is -0.118. The van der Waals surface area contributed by atoms with E-state index < -0.39 is 0 Å². The summed E-state index contributed by atoms with van der Waals surface area (Å²) >= 11 is 0. The fourth-order valence-corrected chi connectivity index (χ4v) is 2.18. The third-order valence-corrected chi connectivity index (χ3v) is 3.27. The number of nitrogens with one attached hydrogen (secondary N) is 1. The molecule has 0 unspecified atom stereocenters. The highest BCUT2D eigenvalue weighted by Crippen LogP contribution is 2.18. The fourth-order valence-electron chi connectivity index (χ4n) is 2.18. The highest BCUT2D eigenvalue weighted by atomic mass is 16.3. The predicted octanol–water partition coefficient (Wildman–Crippen LogP) is 0.308. The van der Waals surface area contributed by atoms with Crippen LogP contribution in [0.5, 0.6) is 0 Å². The van der Waals surface area contributed by atoms with Gasteiger partial charge < -0.3 is 14.2 Å². The highest BCUT2D eigenvalue weighted by molar-refractivity contribution is 5.54. The third-order valence-electron chi connectivity index (χ3n) is 3.27. The first-order chi connectivity index (χ1) is 9.76. The van der Waals surface area contributed by atoms with Gasteiger partial charge in [0.25, 0.3) is 5.56 Å². The van der Waals surface area contributed by atoms with Crippen LogP contribution in [-0.4, -0.2) is 47.5 Å². The monoisotopic (exact) mass is 274 g/mol. The lowest BCUT2D eigenvalue weighted by Gasteiger charge is -2.32. The van der Waals surface area contributed by atoms with Gasteiger partial charge in [0.2, 0.25) is 12.4 Å². The van der Waals surface area contributed by atoms with Gasteiger partial charge in [-0.05, 0) is 12.1 Å². The Bertz CT molecular complexity index is 642. The molecule has 0 aromatic carbocycles. The van der Waals surface area contributed by atoms with Crippen molar-refractivity contribution in [3.05, 3.63) is 34.8 Å². The molecule has 0 bridgehead atoms. The first kappa shape index (κ1) is 12.5. The van der Waals surface area contributed by atoms with Crippen molar-refractivity contribution in [2.24, 2.45) is 0 Å². The Morgan fingerprint density at radius 1 is 1.30 bits per heavy atom. The molecule has 0 atom stereocenters. The molecule has 0 aliphatic carbocycles. The largest absolute Gasteiger partial charge is 0.463 e. The number of carbonyl (C=O) groups is 1. The first-order valence-electron chi connectivity index (χ1n) is 6.36. The van der Waals surface area contributed by atoms with Gasteiger partial charge in [0.1, 0.15) is 5.69 Å². The van der Waals surface area contributed by atoms with Gasteiger partial charge in [-0.3, -0.25) is 14.6 Å². The van der Waals surface area contributed by atoms with Gasteiger partial charge in [0.15, 0.2) is 5.76 Å². The Morgan fingerprint density at radius 2 is 2.10 bits per heavy atom. The lowest BCUT2D eigenvalue weighted by Crippen LogP contribution is -2.46. The zero-order valence-corrected chi connectivity index (χ0v) is 10.8. The molecule has 2 aromatic heterocycles. The average molecular weight is 274 g/mol. The molecular weight excluding hydrogens is 260 g/mol. The van der Waals surface area contributed by atoms with Crippen LogP contribution in [0.15, 0.2) is 33.7 Å². The molecule has 1 saturated heterocycles. The summed E-state index contributed by atoms with van der Waals surface area (Å²) in [6, 6.07) is 4.92. The molecule has 7 nitrogen and oxygen atoms in total. The van der Waals surface area contributed by atoms with Crippen molar-refractivity contribution in [3.8, 4) is 11.5 Å². The summed E-state index contributed by atoms with van der Waals surface area (Å²) in [6.07, 6.45) is 2.38. The van der Waals surface area contributed by atoms with Crippen molar-refractivity contribution in [2.75, 3.05) is 31.1 Å². The molecule has 0 radical (unpaired) electrons. The Labute approximate surface area is 114 Å². The fraction of sp³-hybridized carbons (Fsp3) is 0.308. The molecule has 2 aromatic rings. The number of aromatic nitrogens is 2. The molecule has 0 saturated carbocycles. The number of anilines is 1. The molecule has 3 rings (SSSR count). The number of rotatable bonds is 3. The maximum Gasteiger partial charge on any atom is 0.252 e. The standard InChI is InChI=1S/C13H14N4O3/c18-9-16-3-5-17(6-4-16)13-14-10(8-12(19)15-13)11-2-1-7-20-11/h1-2,7-9H,3-6H2,(H,14,15,19). The molecule has 1 aliphatic rings. The first-order valence-corrected chi connectivity index (χ1v) is 6.36. The summed E-state index contributed by atoms with van der Waals surface area (Å²) in [5.74, 6) is 1.07. The smallest absolute Gasteiger partial charge is 0.252 e. The van der Waals surface area contributed by atoms with Crippen LogP contribution in [0.3, 0.4) is 0 Å². The second kappa shape index (κ2) is 5.20. The quantitative estimate of drug-likeness (QED) is 0.814. The SMILES string of the molecule is O=CN1CCN(c2nc(-c3ccco3)cc(=O)[nH]2)CC1. The summed E-state index contributed by atoms with van der Waals surface area (Å²) in [4.78, 5) is 33.2. The van der Waals surface area contributed by atoms with E-state index in [0.29, 0.717) is 43.6 Å². The number of H-pyrrole nitrogens is 1. The minimum absolute atomic E-state index is 0.223. The van der Waals surface area contributed by atoms with Crippen molar-refractivity contribution in [1.82, 2.24) is 14.9 Å². The second-order valence-electron chi connectivity index (χ2n) is 4.56. The van der Waals surface area contributed by atoms with Gasteiger partial charge >= 0.3 is 0 Å². The van der Waals surface area contributed by atoms with Crippen LogP contribution in [0.2, 0.25) is 0 Å². The summed E-state index contributed by atoms with van der Waals surface area (Å²) in [6.45, 7) is 2.53. The molecule has 3 heterocycles. The van der Waals surface area contributed by atoms with E-state index in [9.17, 15) is 9.59 Å². The Balaban J connectivity index is 1.87. The molecule has 104 valence electrons. The second-order valence-corrected chi connectivity index (χ2v) is 4.56. The van der Waals surface area contributed by atoms with Gasteiger partial charge in [0.05, 0.1) is 6.26 Å². The van der Waals surface area contributed by atoms with E-state index in [1.165, 1.54) is 6.07 Å². The highest BCUT2D eigenvalue weighted by Gasteiger charge is 2.18. The maximum absolute atomic E-state index is 11.7. The maximum atomic E-state index is 11.7. The van der Waals surface area contributed by atoms with E-state index in [-0.39, 0.29) is 5.56 Å². The topological polar surface area (TPSA) is 82.4 Å². The molecule has 20 heavy (non-hydrogen) atoms. The van der Waals surface area contributed by atoms with Crippen LogP contribution < -0.4 is 10.5 Å². The number of furan rings is 1. The van der Waals surface area contributed by atoms with Crippen LogP contribution in [0, 0.1) is 0 Å². The molecule has 0 spiro atoms. The minimum Gasteiger partial charge on any atom is -0.463 e. The molecule has 1 amide bonds. The van der Waals surface area contributed by atoms with E-state index >= 15 is 0 Å². The Morgan fingerprint density at radius 3 is 2.75 bits per heavy atom. The van der Waals surface area contributed by atoms with Gasteiger partial charge in [-0.1, -0.05) is 0 Å².